The molecule has 1 aromatic carbocycles. The lowest BCUT2D eigenvalue weighted by Crippen LogP contribution is -2.42. The first-order chi connectivity index (χ1) is 9.25. The van der Waals surface area contributed by atoms with E-state index in [1.54, 1.807) is 0 Å². The molecule has 1 heterocycles. The third-order valence-electron chi connectivity index (χ3n) is 4.08. The molecule has 0 aromatic heterocycles. The number of halogens is 4. The number of nitrogens with two attached hydrogens (primary N) is 1. The molecular formula is C14H18BrF3N2. The van der Waals surface area contributed by atoms with E-state index in [2.05, 4.69) is 27.8 Å². The molecule has 112 valence electrons. The van der Waals surface area contributed by atoms with Gasteiger partial charge in [0.25, 0.3) is 0 Å². The second-order valence-corrected chi connectivity index (χ2v) is 6.52. The van der Waals surface area contributed by atoms with Gasteiger partial charge in [-0.05, 0) is 58.9 Å². The molecule has 1 aromatic rings. The van der Waals surface area contributed by atoms with E-state index < -0.39 is 11.7 Å². The Bertz CT molecular complexity index is 480. The fraction of sp³-hybridized carbons (Fsp3) is 0.571. The summed E-state index contributed by atoms with van der Waals surface area (Å²) in [6.07, 6.45) is -2.39. The summed E-state index contributed by atoms with van der Waals surface area (Å²) in [4.78, 5) is 2.11. The lowest BCUT2D eigenvalue weighted by molar-refractivity contribution is -0.137. The van der Waals surface area contributed by atoms with Crippen molar-refractivity contribution < 1.29 is 13.2 Å². The van der Waals surface area contributed by atoms with Crippen molar-refractivity contribution in [2.45, 2.75) is 25.9 Å². The van der Waals surface area contributed by atoms with Gasteiger partial charge in [-0.1, -0.05) is 6.92 Å². The molecule has 0 aliphatic carbocycles. The van der Waals surface area contributed by atoms with E-state index in [9.17, 15) is 13.2 Å². The highest BCUT2D eigenvalue weighted by Crippen LogP contribution is 2.38. The highest BCUT2D eigenvalue weighted by atomic mass is 79.9. The Morgan fingerprint density at radius 2 is 1.90 bits per heavy atom. The van der Waals surface area contributed by atoms with Gasteiger partial charge in [0.05, 0.1) is 11.3 Å². The fourth-order valence-electron chi connectivity index (χ4n) is 2.43. The Hall–Kier alpha value is -0.750. The van der Waals surface area contributed by atoms with Gasteiger partial charge < -0.3 is 10.6 Å². The van der Waals surface area contributed by atoms with E-state index in [-0.39, 0.29) is 5.41 Å². The summed E-state index contributed by atoms with van der Waals surface area (Å²) in [6, 6.07) is 3.82. The van der Waals surface area contributed by atoms with Crippen molar-refractivity contribution in [2.24, 2.45) is 11.1 Å². The Morgan fingerprint density at radius 3 is 2.35 bits per heavy atom. The molecule has 1 aliphatic heterocycles. The molecule has 20 heavy (non-hydrogen) atoms. The Labute approximate surface area is 125 Å². The third kappa shape index (κ3) is 3.28. The van der Waals surface area contributed by atoms with Crippen LogP contribution < -0.4 is 10.6 Å². The summed E-state index contributed by atoms with van der Waals surface area (Å²) in [7, 11) is 0. The highest BCUT2D eigenvalue weighted by Gasteiger charge is 2.32. The van der Waals surface area contributed by atoms with Crippen molar-refractivity contribution in [2.75, 3.05) is 24.5 Å². The van der Waals surface area contributed by atoms with Gasteiger partial charge in [-0.25, -0.2) is 0 Å². The smallest absolute Gasteiger partial charge is 0.371 e. The van der Waals surface area contributed by atoms with Crippen LogP contribution in [0.3, 0.4) is 0 Å². The minimum Gasteiger partial charge on any atom is -0.371 e. The van der Waals surface area contributed by atoms with Gasteiger partial charge in [-0.3, -0.25) is 0 Å². The summed E-state index contributed by atoms with van der Waals surface area (Å²) < 4.78 is 38.4. The van der Waals surface area contributed by atoms with E-state index in [4.69, 9.17) is 5.73 Å². The first kappa shape index (κ1) is 15.6. The molecule has 0 unspecified atom stereocenters. The van der Waals surface area contributed by atoms with Crippen LogP contribution in [0.2, 0.25) is 0 Å². The van der Waals surface area contributed by atoms with Crippen LogP contribution in [0.4, 0.5) is 18.9 Å². The number of hydrogen-bond acceptors (Lipinski definition) is 2. The van der Waals surface area contributed by atoms with Crippen LogP contribution in [0.1, 0.15) is 25.3 Å². The van der Waals surface area contributed by atoms with Gasteiger partial charge in [0.1, 0.15) is 0 Å². The molecule has 2 N–H and O–H groups in total. The van der Waals surface area contributed by atoms with Gasteiger partial charge in [-0.2, -0.15) is 13.2 Å². The van der Waals surface area contributed by atoms with E-state index in [0.717, 1.165) is 43.8 Å². The average molecular weight is 351 g/mol. The molecule has 0 amide bonds. The minimum absolute atomic E-state index is 0.148. The van der Waals surface area contributed by atoms with E-state index in [0.29, 0.717) is 11.0 Å². The summed E-state index contributed by atoms with van der Waals surface area (Å²) in [5.74, 6) is 0. The topological polar surface area (TPSA) is 29.3 Å². The number of rotatable bonds is 2. The van der Waals surface area contributed by atoms with Crippen LogP contribution in [0.15, 0.2) is 22.7 Å². The van der Waals surface area contributed by atoms with Crippen molar-refractivity contribution in [1.82, 2.24) is 0 Å². The van der Waals surface area contributed by atoms with E-state index in [1.165, 1.54) is 6.07 Å². The zero-order valence-electron chi connectivity index (χ0n) is 11.3. The molecule has 1 aliphatic rings. The number of nitrogens with zero attached hydrogens (tertiary/aromatic N) is 1. The molecule has 0 bridgehead atoms. The standard InChI is InChI=1S/C14H18BrF3N2/c1-13(9-19)4-6-20(7-5-13)12-3-2-10(8-11(12)15)14(16,17)18/h2-3,8H,4-7,9,19H2,1H3. The SMILES string of the molecule is CC1(CN)CCN(c2ccc(C(F)(F)F)cc2Br)CC1. The molecule has 1 fully saturated rings. The number of anilines is 1. The van der Waals surface area contributed by atoms with Crippen molar-refractivity contribution in [3.8, 4) is 0 Å². The molecular weight excluding hydrogens is 333 g/mol. The number of benzene rings is 1. The van der Waals surface area contributed by atoms with Gasteiger partial charge in [0, 0.05) is 17.6 Å². The summed E-state index contributed by atoms with van der Waals surface area (Å²) in [6.45, 7) is 4.44. The molecule has 0 atom stereocenters. The predicted molar refractivity (Wildman–Crippen MR) is 77.8 cm³/mol. The van der Waals surface area contributed by atoms with Gasteiger partial charge in [-0.15, -0.1) is 0 Å². The molecule has 0 radical (unpaired) electrons. The van der Waals surface area contributed by atoms with Crippen molar-refractivity contribution >= 4 is 21.6 Å². The van der Waals surface area contributed by atoms with Crippen molar-refractivity contribution in [3.63, 3.8) is 0 Å². The van der Waals surface area contributed by atoms with E-state index >= 15 is 0 Å². The van der Waals surface area contributed by atoms with Crippen LogP contribution in [0.5, 0.6) is 0 Å². The summed E-state index contributed by atoms with van der Waals surface area (Å²) in [5, 5.41) is 0. The summed E-state index contributed by atoms with van der Waals surface area (Å²) in [5.41, 5.74) is 6.10. The zero-order chi connectivity index (χ0) is 15.0. The second-order valence-electron chi connectivity index (χ2n) is 5.67. The number of alkyl halides is 3. The Balaban J connectivity index is 2.15. The maximum absolute atomic E-state index is 12.6. The van der Waals surface area contributed by atoms with E-state index in [1.807, 2.05) is 0 Å². The molecule has 2 nitrogen and oxygen atoms in total. The van der Waals surface area contributed by atoms with Crippen LogP contribution in [-0.4, -0.2) is 19.6 Å². The first-order valence-corrected chi connectivity index (χ1v) is 7.36. The highest BCUT2D eigenvalue weighted by molar-refractivity contribution is 9.10. The van der Waals surface area contributed by atoms with Gasteiger partial charge in [0.15, 0.2) is 0 Å². The molecule has 0 saturated carbocycles. The van der Waals surface area contributed by atoms with Crippen LogP contribution in [0.25, 0.3) is 0 Å². The lowest BCUT2D eigenvalue weighted by Gasteiger charge is -2.40. The van der Waals surface area contributed by atoms with Crippen molar-refractivity contribution in [1.29, 1.82) is 0 Å². The maximum atomic E-state index is 12.6. The maximum Gasteiger partial charge on any atom is 0.416 e. The Morgan fingerprint density at radius 1 is 1.30 bits per heavy atom. The van der Waals surface area contributed by atoms with Gasteiger partial charge >= 0.3 is 6.18 Å². The fourth-order valence-corrected chi connectivity index (χ4v) is 3.06. The molecule has 6 heteroatoms. The Kier molecular flexibility index (Phi) is 4.35. The molecule has 2 rings (SSSR count). The quantitative estimate of drug-likeness (QED) is 0.872. The zero-order valence-corrected chi connectivity index (χ0v) is 12.9. The molecule has 1 saturated heterocycles. The first-order valence-electron chi connectivity index (χ1n) is 6.57. The second kappa shape index (κ2) is 5.56. The molecule has 0 spiro atoms. The minimum atomic E-state index is -4.30. The van der Waals surface area contributed by atoms with Crippen LogP contribution in [0, 0.1) is 5.41 Å². The average Bonchev–Trinajstić information content (AvgIpc) is 2.39. The third-order valence-corrected chi connectivity index (χ3v) is 4.71. The summed E-state index contributed by atoms with van der Waals surface area (Å²) >= 11 is 3.25. The largest absolute Gasteiger partial charge is 0.416 e. The predicted octanol–water partition coefficient (Wildman–Crippen LogP) is 4.03. The monoisotopic (exact) mass is 350 g/mol. The van der Waals surface area contributed by atoms with Crippen LogP contribution >= 0.6 is 15.9 Å². The van der Waals surface area contributed by atoms with Crippen molar-refractivity contribution in [3.05, 3.63) is 28.2 Å². The normalized spacial score (nSPS) is 19.2. The number of piperidine rings is 1. The van der Waals surface area contributed by atoms with Gasteiger partial charge in [0.2, 0.25) is 0 Å². The van der Waals surface area contributed by atoms with Crippen LogP contribution in [-0.2, 0) is 6.18 Å². The number of hydrogen-bond donors (Lipinski definition) is 1. The lowest BCUT2D eigenvalue weighted by atomic mass is 9.80.